The number of hydrogen-bond acceptors (Lipinski definition) is 6. The van der Waals surface area contributed by atoms with Crippen molar-refractivity contribution in [3.8, 4) is 0 Å². The molecule has 0 aliphatic carbocycles. The van der Waals surface area contributed by atoms with Gasteiger partial charge in [0.25, 0.3) is 0 Å². The van der Waals surface area contributed by atoms with Crippen LogP contribution in [0.25, 0.3) is 0 Å². The van der Waals surface area contributed by atoms with Gasteiger partial charge in [0.05, 0.1) is 17.1 Å². The molecule has 0 saturated carbocycles. The molecule has 3 aromatic rings. The predicted molar refractivity (Wildman–Crippen MR) is 154 cm³/mol. The second-order valence-electron chi connectivity index (χ2n) is 10.3. The molecule has 8 heteroatoms. The van der Waals surface area contributed by atoms with Gasteiger partial charge in [-0.15, -0.1) is 0 Å². The van der Waals surface area contributed by atoms with Gasteiger partial charge in [0.15, 0.2) is 0 Å². The van der Waals surface area contributed by atoms with Crippen molar-refractivity contribution in [2.75, 3.05) is 31.5 Å². The second kappa shape index (κ2) is 13.7. The number of halogens is 1. The van der Waals surface area contributed by atoms with E-state index >= 15 is 0 Å². The Morgan fingerprint density at radius 2 is 1.67 bits per heavy atom. The Labute approximate surface area is 246 Å². The van der Waals surface area contributed by atoms with Crippen LogP contribution in [-0.4, -0.2) is 41.5 Å². The number of nitrogens with one attached hydrogen (secondary N) is 2. The van der Waals surface area contributed by atoms with E-state index < -0.39 is 0 Å². The molecule has 6 rings (SSSR count). The normalized spacial score (nSPS) is 17.9. The summed E-state index contributed by atoms with van der Waals surface area (Å²) in [6, 6.07) is 24.1. The first-order valence-corrected chi connectivity index (χ1v) is 15.5. The van der Waals surface area contributed by atoms with Gasteiger partial charge in [-0.05, 0) is 50.2 Å². The Morgan fingerprint density at radius 1 is 0.949 bits per heavy atom. The summed E-state index contributed by atoms with van der Waals surface area (Å²) in [5, 5.41) is 7.66. The number of carbonyl (C=O) groups is 1. The molecule has 0 bridgehead atoms. The average Bonchev–Trinajstić information content (AvgIpc) is 3.14. The van der Waals surface area contributed by atoms with Crippen molar-refractivity contribution in [2.45, 2.75) is 32.3 Å². The molecule has 2 saturated heterocycles. The van der Waals surface area contributed by atoms with E-state index in [4.69, 9.17) is 21.3 Å². The van der Waals surface area contributed by atoms with Gasteiger partial charge in [0.2, 0.25) is 0 Å². The third-order valence-electron chi connectivity index (χ3n) is 7.54. The van der Waals surface area contributed by atoms with Crippen LogP contribution in [0.5, 0.6) is 0 Å². The minimum absolute atomic E-state index is 0.0260. The molecule has 2 fully saturated rings. The van der Waals surface area contributed by atoms with Gasteiger partial charge in [0.1, 0.15) is 0 Å². The molecule has 0 radical (unpaired) electrons. The first-order valence-electron chi connectivity index (χ1n) is 13.8. The van der Waals surface area contributed by atoms with Crippen molar-refractivity contribution in [1.82, 2.24) is 8.96 Å². The van der Waals surface area contributed by atoms with E-state index in [2.05, 4.69) is 38.5 Å². The third kappa shape index (κ3) is 7.55. The average molecular weight is 595 g/mol. The summed E-state index contributed by atoms with van der Waals surface area (Å²) in [6.07, 6.45) is 4.16. The number of benzene rings is 3. The van der Waals surface area contributed by atoms with Crippen molar-refractivity contribution in [3.63, 3.8) is 0 Å². The Hall–Kier alpha value is -2.57. The zero-order valence-corrected chi connectivity index (χ0v) is 26.0. The molecule has 3 aromatic carbocycles. The zero-order chi connectivity index (χ0) is 27.0. The summed E-state index contributed by atoms with van der Waals surface area (Å²) >= 11 is 7.37. The molecule has 3 heterocycles. The number of para-hydroxylation sites is 1. The Bertz CT molecular complexity index is 1290. The van der Waals surface area contributed by atoms with Crippen LogP contribution in [-0.2, 0) is 34.7 Å². The van der Waals surface area contributed by atoms with Crippen LogP contribution < -0.4 is 10.6 Å². The van der Waals surface area contributed by atoms with Gasteiger partial charge >= 0.3 is 112 Å². The molecule has 0 atom stereocenters. The molecule has 0 aromatic heterocycles. The van der Waals surface area contributed by atoms with E-state index in [1.54, 1.807) is 0 Å². The van der Waals surface area contributed by atoms with Gasteiger partial charge in [-0.25, -0.2) is 0 Å². The molecule has 3 aliphatic heterocycles. The van der Waals surface area contributed by atoms with E-state index in [1.807, 2.05) is 48.5 Å². The van der Waals surface area contributed by atoms with Crippen LogP contribution in [0.1, 0.15) is 36.8 Å². The number of carbonyl (C=O) groups excluding carboxylic acids is 1. The first-order chi connectivity index (χ1) is 19.1. The number of aliphatic imine (C=N–C) groups is 1. The van der Waals surface area contributed by atoms with Gasteiger partial charge in [0, 0.05) is 22.2 Å². The number of hydrogen-bond donors (Lipinski definition) is 2. The summed E-state index contributed by atoms with van der Waals surface area (Å²) in [4.78, 5) is 16.9. The molecular weight excluding hydrogens is 561 g/mol. The van der Waals surface area contributed by atoms with Crippen molar-refractivity contribution in [2.24, 2.45) is 16.8 Å². The van der Waals surface area contributed by atoms with E-state index in [9.17, 15) is 4.79 Å². The van der Waals surface area contributed by atoms with E-state index in [0.29, 0.717) is 12.5 Å². The van der Waals surface area contributed by atoms with Crippen LogP contribution in [0.4, 0.5) is 17.1 Å². The van der Waals surface area contributed by atoms with E-state index in [1.165, 1.54) is 29.8 Å². The van der Waals surface area contributed by atoms with Gasteiger partial charge in [-0.3, -0.25) is 4.99 Å². The van der Waals surface area contributed by atoms with Crippen molar-refractivity contribution >= 4 is 40.3 Å². The van der Waals surface area contributed by atoms with Crippen LogP contribution in [0, 0.1) is 11.8 Å². The number of fused-ring (bicyclic) bond motifs is 2. The van der Waals surface area contributed by atoms with Crippen LogP contribution in [0.15, 0.2) is 77.8 Å². The Kier molecular flexibility index (Phi) is 9.81. The molecular formula is C31H34ClN4O2Zn. The monoisotopic (exact) mass is 593 g/mol. The molecule has 0 spiro atoms. The fraction of sp³-hybridized carbons (Fsp3) is 0.355. The molecule has 0 unspecified atom stereocenters. The topological polar surface area (TPSA) is 66.0 Å². The minimum atomic E-state index is -0.0260. The summed E-state index contributed by atoms with van der Waals surface area (Å²) in [5.41, 5.74) is 6.52. The van der Waals surface area contributed by atoms with Crippen LogP contribution in [0.2, 0.25) is 5.02 Å². The molecule has 39 heavy (non-hydrogen) atoms. The molecule has 199 valence electrons. The van der Waals surface area contributed by atoms with Crippen LogP contribution in [0.3, 0.4) is 0 Å². The molecule has 3 aliphatic rings. The number of anilines is 2. The predicted octanol–water partition coefficient (Wildman–Crippen LogP) is 6.42. The zero-order valence-electron chi connectivity index (χ0n) is 22.2. The number of rotatable bonds is 4. The standard InChI is InChI=1S/C18H18ClN3.C13H16NO2.Zn/c19-13-5-6-16-17(11-13)22-18(12-7-9-20-10-8-12)14-3-1-2-4-15(14)21-16;15-13(12-6-8-14-9-7-12)16-10-11-4-2-1-3-5-11;/h1-6,11-12,20-21H,7-10H2;1-5,12H,6-10H2;/q;-1;+1. The quantitative estimate of drug-likeness (QED) is 0.269. The maximum absolute atomic E-state index is 11.8. The maximum atomic E-state index is 11.8. The summed E-state index contributed by atoms with van der Waals surface area (Å²) < 4.78 is 7.73. The Morgan fingerprint density at radius 3 is 2.44 bits per heavy atom. The Balaban J connectivity index is 0.000000164. The fourth-order valence-electron chi connectivity index (χ4n) is 5.28. The van der Waals surface area contributed by atoms with Gasteiger partial charge in [-0.1, -0.05) is 29.8 Å². The van der Waals surface area contributed by atoms with Crippen LogP contribution >= 0.6 is 11.6 Å². The van der Waals surface area contributed by atoms with Crippen molar-refractivity contribution in [1.29, 1.82) is 0 Å². The molecule has 6 nitrogen and oxygen atoms in total. The number of nitrogens with zero attached hydrogens (tertiary/aromatic N) is 2. The SMILES string of the molecule is Clc1ccc2c(c1)N=C(C1CCNCC1)c1ccccc1N2.O=C(OCc1ccccc1)C1CC[N]([Zn])CC1. The summed E-state index contributed by atoms with van der Waals surface area (Å²) in [5.74, 6) is 0.581. The third-order valence-corrected chi connectivity index (χ3v) is 9.11. The number of ether oxygens (including phenoxy) is 1. The van der Waals surface area contributed by atoms with Gasteiger partial charge in [-0.2, -0.15) is 0 Å². The summed E-state index contributed by atoms with van der Waals surface area (Å²) in [7, 11) is 0. The van der Waals surface area contributed by atoms with E-state index in [0.717, 1.165) is 79.5 Å². The summed E-state index contributed by atoms with van der Waals surface area (Å²) in [6.45, 7) is 4.61. The van der Waals surface area contributed by atoms with Gasteiger partial charge < -0.3 is 10.6 Å². The fourth-order valence-corrected chi connectivity index (χ4v) is 6.21. The second-order valence-corrected chi connectivity index (χ2v) is 12.7. The molecule has 0 amide bonds. The first kappa shape index (κ1) is 28.0. The van der Waals surface area contributed by atoms with Crippen molar-refractivity contribution < 1.29 is 28.1 Å². The number of esters is 1. The van der Waals surface area contributed by atoms with Crippen molar-refractivity contribution in [3.05, 3.63) is 88.9 Å². The van der Waals surface area contributed by atoms with E-state index in [-0.39, 0.29) is 11.9 Å². The molecule has 2 N–H and O–H groups in total. The number of piperidine rings is 2.